The molecule has 0 atom stereocenters. The molecule has 0 spiro atoms. The molecule has 2 aromatic heterocycles. The number of hydrogen-bond acceptors (Lipinski definition) is 4. The Morgan fingerprint density at radius 3 is 2.81 bits per heavy atom. The first-order valence-corrected chi connectivity index (χ1v) is 6.69. The van der Waals surface area contributed by atoms with Crippen LogP contribution >= 0.6 is 0 Å². The van der Waals surface area contributed by atoms with Crippen LogP contribution in [0, 0.1) is 0 Å². The summed E-state index contributed by atoms with van der Waals surface area (Å²) >= 11 is 0. The third-order valence-electron chi connectivity index (χ3n) is 3.39. The molecule has 5 nitrogen and oxygen atoms in total. The van der Waals surface area contributed by atoms with Gasteiger partial charge in [0.1, 0.15) is 0 Å². The van der Waals surface area contributed by atoms with E-state index in [-0.39, 0.29) is 0 Å². The summed E-state index contributed by atoms with van der Waals surface area (Å²) < 4.78 is 5.40. The van der Waals surface area contributed by atoms with Crippen molar-refractivity contribution in [1.29, 1.82) is 0 Å². The van der Waals surface area contributed by atoms with Gasteiger partial charge in [0, 0.05) is 11.8 Å². The number of nitrogens with zero attached hydrogens (tertiary/aromatic N) is 3. The van der Waals surface area contributed by atoms with Crippen LogP contribution in [0.4, 0.5) is 0 Å². The van der Waals surface area contributed by atoms with Crippen molar-refractivity contribution < 1.29 is 4.52 Å². The van der Waals surface area contributed by atoms with Crippen LogP contribution in [-0.2, 0) is 6.42 Å². The number of fused-ring (bicyclic) bond motifs is 1. The number of nitrogens with one attached hydrogen (secondary N) is 1. The van der Waals surface area contributed by atoms with Gasteiger partial charge in [-0.15, -0.1) is 0 Å². The number of H-pyrrole nitrogens is 1. The summed E-state index contributed by atoms with van der Waals surface area (Å²) in [6.07, 6.45) is 2.43. The lowest BCUT2D eigenvalue weighted by Crippen LogP contribution is -1.90. The van der Waals surface area contributed by atoms with Crippen molar-refractivity contribution in [1.82, 2.24) is 20.3 Å². The SMILES string of the molecule is c1ccc(Cc2noc(-c3cccc4[nH]ncc34)n2)cc1. The molecule has 0 aliphatic carbocycles. The van der Waals surface area contributed by atoms with Crippen molar-refractivity contribution in [3.63, 3.8) is 0 Å². The molecule has 0 unspecified atom stereocenters. The summed E-state index contributed by atoms with van der Waals surface area (Å²) in [6.45, 7) is 0. The van der Waals surface area contributed by atoms with Gasteiger partial charge in [-0.25, -0.2) is 0 Å². The van der Waals surface area contributed by atoms with Gasteiger partial charge in [0.2, 0.25) is 0 Å². The van der Waals surface area contributed by atoms with Gasteiger partial charge in [-0.2, -0.15) is 10.1 Å². The van der Waals surface area contributed by atoms with E-state index in [1.165, 1.54) is 0 Å². The van der Waals surface area contributed by atoms with Crippen LogP contribution in [0.15, 0.2) is 59.3 Å². The van der Waals surface area contributed by atoms with Crippen LogP contribution in [0.25, 0.3) is 22.4 Å². The predicted octanol–water partition coefficient (Wildman–Crippen LogP) is 3.20. The van der Waals surface area contributed by atoms with Gasteiger partial charge < -0.3 is 4.52 Å². The van der Waals surface area contributed by atoms with Gasteiger partial charge in [-0.3, -0.25) is 5.10 Å². The summed E-state index contributed by atoms with van der Waals surface area (Å²) in [5.74, 6) is 1.20. The van der Waals surface area contributed by atoms with E-state index < -0.39 is 0 Å². The minimum absolute atomic E-state index is 0.521. The Balaban J connectivity index is 1.70. The van der Waals surface area contributed by atoms with Crippen molar-refractivity contribution in [3.05, 3.63) is 66.1 Å². The van der Waals surface area contributed by atoms with Gasteiger partial charge in [-0.1, -0.05) is 41.6 Å². The quantitative estimate of drug-likeness (QED) is 0.624. The van der Waals surface area contributed by atoms with E-state index in [0.29, 0.717) is 18.1 Å². The van der Waals surface area contributed by atoms with Gasteiger partial charge in [0.15, 0.2) is 5.82 Å². The zero-order chi connectivity index (χ0) is 14.1. The molecule has 1 N–H and O–H groups in total. The van der Waals surface area contributed by atoms with E-state index in [1.807, 2.05) is 48.5 Å². The van der Waals surface area contributed by atoms with Gasteiger partial charge in [0.05, 0.1) is 17.3 Å². The lowest BCUT2D eigenvalue weighted by atomic mass is 10.1. The lowest BCUT2D eigenvalue weighted by molar-refractivity contribution is 0.424. The van der Waals surface area contributed by atoms with Gasteiger partial charge >= 0.3 is 0 Å². The number of aromatic amines is 1. The first-order chi connectivity index (χ1) is 10.4. The van der Waals surface area contributed by atoms with Crippen molar-refractivity contribution in [2.45, 2.75) is 6.42 Å². The minimum atomic E-state index is 0.521. The minimum Gasteiger partial charge on any atom is -0.334 e. The highest BCUT2D eigenvalue weighted by molar-refractivity contribution is 5.91. The Kier molecular flexibility index (Phi) is 2.74. The molecule has 4 aromatic rings. The average molecular weight is 276 g/mol. The molecular weight excluding hydrogens is 264 g/mol. The second-order valence-corrected chi connectivity index (χ2v) is 4.81. The van der Waals surface area contributed by atoms with E-state index in [9.17, 15) is 0 Å². The molecule has 2 aromatic carbocycles. The van der Waals surface area contributed by atoms with Gasteiger partial charge in [-0.05, 0) is 17.7 Å². The Morgan fingerprint density at radius 1 is 1.00 bits per heavy atom. The smallest absolute Gasteiger partial charge is 0.258 e. The second-order valence-electron chi connectivity index (χ2n) is 4.81. The molecule has 0 radical (unpaired) electrons. The summed E-state index contributed by atoms with van der Waals surface area (Å²) in [6, 6.07) is 16.0. The Morgan fingerprint density at radius 2 is 1.90 bits per heavy atom. The largest absolute Gasteiger partial charge is 0.334 e. The van der Waals surface area contributed by atoms with Crippen LogP contribution in [-0.4, -0.2) is 20.3 Å². The Hall–Kier alpha value is -2.95. The molecule has 4 rings (SSSR count). The fourth-order valence-corrected chi connectivity index (χ4v) is 2.37. The lowest BCUT2D eigenvalue weighted by Gasteiger charge is -1.96. The second kappa shape index (κ2) is 4.86. The maximum Gasteiger partial charge on any atom is 0.258 e. The number of aromatic nitrogens is 4. The highest BCUT2D eigenvalue weighted by Crippen LogP contribution is 2.26. The monoisotopic (exact) mass is 276 g/mol. The molecule has 0 aliphatic rings. The average Bonchev–Trinajstić information content (AvgIpc) is 3.16. The third kappa shape index (κ3) is 2.18. The Labute approximate surface area is 120 Å². The van der Waals surface area contributed by atoms with Crippen LogP contribution in [0.5, 0.6) is 0 Å². The first kappa shape index (κ1) is 11.8. The first-order valence-electron chi connectivity index (χ1n) is 6.69. The topological polar surface area (TPSA) is 67.6 Å². The molecule has 2 heterocycles. The zero-order valence-corrected chi connectivity index (χ0v) is 11.2. The highest BCUT2D eigenvalue weighted by atomic mass is 16.5. The van der Waals surface area contributed by atoms with E-state index in [1.54, 1.807) is 6.20 Å². The van der Waals surface area contributed by atoms with Crippen LogP contribution < -0.4 is 0 Å². The number of rotatable bonds is 3. The maximum absolute atomic E-state index is 5.40. The molecule has 102 valence electrons. The van der Waals surface area contributed by atoms with Crippen molar-refractivity contribution in [3.8, 4) is 11.5 Å². The third-order valence-corrected chi connectivity index (χ3v) is 3.39. The van der Waals surface area contributed by atoms with Crippen LogP contribution in [0.2, 0.25) is 0 Å². The molecule has 0 saturated carbocycles. The van der Waals surface area contributed by atoms with E-state index in [0.717, 1.165) is 22.0 Å². The fraction of sp³-hybridized carbons (Fsp3) is 0.0625. The molecular formula is C16H12N4O. The predicted molar refractivity (Wildman–Crippen MR) is 78.6 cm³/mol. The van der Waals surface area contributed by atoms with Crippen molar-refractivity contribution in [2.75, 3.05) is 0 Å². The van der Waals surface area contributed by atoms with Crippen molar-refractivity contribution >= 4 is 10.9 Å². The van der Waals surface area contributed by atoms with Crippen LogP contribution in [0.1, 0.15) is 11.4 Å². The summed E-state index contributed by atoms with van der Waals surface area (Å²) in [4.78, 5) is 4.49. The summed E-state index contributed by atoms with van der Waals surface area (Å²) in [5.41, 5.74) is 3.01. The number of hydrogen-bond donors (Lipinski definition) is 1. The molecule has 0 saturated heterocycles. The summed E-state index contributed by atoms with van der Waals surface area (Å²) in [5, 5.41) is 12.0. The zero-order valence-electron chi connectivity index (χ0n) is 11.2. The molecule has 0 amide bonds. The van der Waals surface area contributed by atoms with E-state index in [2.05, 4.69) is 20.3 Å². The standard InChI is InChI=1S/C16H12N4O/c1-2-5-11(6-3-1)9-15-18-16(21-20-15)12-7-4-8-14-13(12)10-17-19-14/h1-8,10H,9H2,(H,17,19). The molecule has 0 fully saturated rings. The Bertz CT molecular complexity index is 879. The number of benzene rings is 2. The summed E-state index contributed by atoms with van der Waals surface area (Å²) in [7, 11) is 0. The van der Waals surface area contributed by atoms with E-state index in [4.69, 9.17) is 4.52 Å². The molecule has 5 heteroatoms. The molecule has 21 heavy (non-hydrogen) atoms. The maximum atomic E-state index is 5.40. The molecule has 0 aliphatic heterocycles. The fourth-order valence-electron chi connectivity index (χ4n) is 2.37. The van der Waals surface area contributed by atoms with Crippen molar-refractivity contribution in [2.24, 2.45) is 0 Å². The molecule has 0 bridgehead atoms. The van der Waals surface area contributed by atoms with E-state index >= 15 is 0 Å². The highest BCUT2D eigenvalue weighted by Gasteiger charge is 2.12. The van der Waals surface area contributed by atoms with Gasteiger partial charge in [0.25, 0.3) is 5.89 Å². The van der Waals surface area contributed by atoms with Crippen LogP contribution in [0.3, 0.4) is 0 Å². The normalized spacial score (nSPS) is 11.0.